The van der Waals surface area contributed by atoms with Crippen molar-refractivity contribution in [3.05, 3.63) is 42.0 Å². The topological polar surface area (TPSA) is 40.5 Å². The van der Waals surface area contributed by atoms with Gasteiger partial charge in [-0.2, -0.15) is 0 Å². The van der Waals surface area contributed by atoms with E-state index in [0.29, 0.717) is 5.56 Å². The zero-order valence-electron chi connectivity index (χ0n) is 13.5. The Morgan fingerprint density at radius 1 is 1.00 bits per heavy atom. The summed E-state index contributed by atoms with van der Waals surface area (Å²) in [5, 5.41) is 11.5. The van der Waals surface area contributed by atoms with Crippen LogP contribution in [-0.2, 0) is 0 Å². The Bertz CT molecular complexity index is 628. The van der Waals surface area contributed by atoms with Crippen LogP contribution in [0.4, 0.5) is 5.69 Å². The van der Waals surface area contributed by atoms with Gasteiger partial charge in [-0.05, 0) is 29.7 Å². The van der Waals surface area contributed by atoms with Crippen LogP contribution in [0.25, 0.3) is 10.8 Å². The van der Waals surface area contributed by atoms with Gasteiger partial charge in [-0.1, -0.05) is 57.0 Å². The molecule has 0 saturated carbocycles. The Kier molecular flexibility index (Phi) is 5.82. The second-order valence-corrected chi connectivity index (χ2v) is 5.68. The maximum absolute atomic E-state index is 11.9. The smallest absolute Gasteiger partial charge is 0.338 e. The van der Waals surface area contributed by atoms with Gasteiger partial charge in [0, 0.05) is 13.1 Å². The third-order valence-electron chi connectivity index (χ3n) is 4.02. The quantitative estimate of drug-likeness (QED) is 0.750. The first-order valence-corrected chi connectivity index (χ1v) is 8.19. The number of nitrogens with zero attached hydrogens (tertiary/aromatic N) is 1. The molecule has 1 N–H and O–H groups in total. The highest BCUT2D eigenvalue weighted by molar-refractivity contribution is 6.08. The molecule has 0 aromatic heterocycles. The van der Waals surface area contributed by atoms with E-state index in [-0.39, 0.29) is 0 Å². The Morgan fingerprint density at radius 2 is 1.64 bits per heavy atom. The fourth-order valence-electron chi connectivity index (χ4n) is 2.80. The molecule has 0 fully saturated rings. The molecule has 3 nitrogen and oxygen atoms in total. The summed E-state index contributed by atoms with van der Waals surface area (Å²) in [5.41, 5.74) is 1.29. The SMILES string of the molecule is CCCCN(CCCC)c1ccc2ccccc2c1C(=O)O. The minimum absolute atomic E-state index is 0.435. The summed E-state index contributed by atoms with van der Waals surface area (Å²) in [6.45, 7) is 6.15. The average molecular weight is 299 g/mol. The monoisotopic (exact) mass is 299 g/mol. The van der Waals surface area contributed by atoms with Gasteiger partial charge in [-0.25, -0.2) is 4.79 Å². The van der Waals surface area contributed by atoms with Crippen molar-refractivity contribution in [2.24, 2.45) is 0 Å². The molecule has 0 aliphatic rings. The molecule has 2 rings (SSSR count). The highest BCUT2D eigenvalue weighted by Crippen LogP contribution is 2.29. The summed E-state index contributed by atoms with van der Waals surface area (Å²) in [7, 11) is 0. The van der Waals surface area contributed by atoms with Crippen LogP contribution in [0.3, 0.4) is 0 Å². The van der Waals surface area contributed by atoms with Crippen LogP contribution in [0.5, 0.6) is 0 Å². The summed E-state index contributed by atoms with van der Waals surface area (Å²) >= 11 is 0. The van der Waals surface area contributed by atoms with Gasteiger partial charge in [0.1, 0.15) is 0 Å². The second kappa shape index (κ2) is 7.83. The van der Waals surface area contributed by atoms with Crippen molar-refractivity contribution in [2.75, 3.05) is 18.0 Å². The molecule has 0 heterocycles. The normalized spacial score (nSPS) is 10.8. The minimum atomic E-state index is -0.843. The van der Waals surface area contributed by atoms with Crippen LogP contribution in [0.15, 0.2) is 36.4 Å². The first-order chi connectivity index (χ1) is 10.7. The van der Waals surface area contributed by atoms with Crippen molar-refractivity contribution < 1.29 is 9.90 Å². The molecule has 0 saturated heterocycles. The molecule has 2 aromatic carbocycles. The number of aromatic carboxylic acids is 1. The molecule has 22 heavy (non-hydrogen) atoms. The van der Waals surface area contributed by atoms with Crippen LogP contribution < -0.4 is 4.90 Å². The molecular weight excluding hydrogens is 274 g/mol. The van der Waals surface area contributed by atoms with Crippen molar-refractivity contribution in [2.45, 2.75) is 39.5 Å². The average Bonchev–Trinajstić information content (AvgIpc) is 2.54. The van der Waals surface area contributed by atoms with E-state index in [1.807, 2.05) is 36.4 Å². The van der Waals surface area contributed by atoms with E-state index in [1.54, 1.807) is 0 Å². The third kappa shape index (κ3) is 3.59. The second-order valence-electron chi connectivity index (χ2n) is 5.68. The van der Waals surface area contributed by atoms with E-state index >= 15 is 0 Å². The molecule has 2 aromatic rings. The molecule has 0 spiro atoms. The summed E-state index contributed by atoms with van der Waals surface area (Å²) in [4.78, 5) is 14.1. The number of hydrogen-bond acceptors (Lipinski definition) is 2. The van der Waals surface area contributed by atoms with Crippen molar-refractivity contribution >= 4 is 22.4 Å². The molecule has 0 amide bonds. The Morgan fingerprint density at radius 3 is 2.23 bits per heavy atom. The summed E-state index contributed by atoms with van der Waals surface area (Å²) in [6, 6.07) is 11.7. The van der Waals surface area contributed by atoms with Crippen LogP contribution in [-0.4, -0.2) is 24.2 Å². The molecule has 0 unspecified atom stereocenters. The van der Waals surface area contributed by atoms with Gasteiger partial charge in [-0.3, -0.25) is 0 Å². The maximum Gasteiger partial charge on any atom is 0.338 e. The zero-order valence-corrected chi connectivity index (χ0v) is 13.5. The zero-order chi connectivity index (χ0) is 15.9. The maximum atomic E-state index is 11.9. The summed E-state index contributed by atoms with van der Waals surface area (Å²) in [5.74, 6) is -0.843. The Labute approximate surface area is 132 Å². The molecule has 0 aliphatic heterocycles. The fraction of sp³-hybridized carbons (Fsp3) is 0.421. The number of hydrogen-bond donors (Lipinski definition) is 1. The van der Waals surface area contributed by atoms with E-state index in [2.05, 4.69) is 18.7 Å². The minimum Gasteiger partial charge on any atom is -0.478 e. The predicted octanol–water partition coefficient (Wildman–Crippen LogP) is 4.94. The van der Waals surface area contributed by atoms with E-state index in [0.717, 1.165) is 55.2 Å². The van der Waals surface area contributed by atoms with Gasteiger partial charge < -0.3 is 10.0 Å². The fourth-order valence-corrected chi connectivity index (χ4v) is 2.80. The lowest BCUT2D eigenvalue weighted by molar-refractivity contribution is 0.0699. The van der Waals surface area contributed by atoms with Crippen LogP contribution in [0, 0.1) is 0 Å². The van der Waals surface area contributed by atoms with Gasteiger partial charge in [0.2, 0.25) is 0 Å². The van der Waals surface area contributed by atoms with Crippen LogP contribution in [0.2, 0.25) is 0 Å². The number of carbonyl (C=O) groups is 1. The van der Waals surface area contributed by atoms with Crippen molar-refractivity contribution in [1.29, 1.82) is 0 Å². The molecule has 3 heteroatoms. The van der Waals surface area contributed by atoms with E-state index in [1.165, 1.54) is 0 Å². The Hall–Kier alpha value is -2.03. The molecular formula is C19H25NO2. The van der Waals surface area contributed by atoms with Crippen molar-refractivity contribution in [3.63, 3.8) is 0 Å². The number of carboxylic acid groups (broad SMARTS) is 1. The Balaban J connectivity index is 2.50. The molecule has 0 atom stereocenters. The first-order valence-electron chi connectivity index (χ1n) is 8.19. The van der Waals surface area contributed by atoms with Gasteiger partial charge in [0.15, 0.2) is 0 Å². The number of carboxylic acids is 1. The molecule has 0 radical (unpaired) electrons. The van der Waals surface area contributed by atoms with Crippen LogP contribution >= 0.6 is 0 Å². The molecule has 0 aliphatic carbocycles. The number of anilines is 1. The van der Waals surface area contributed by atoms with Gasteiger partial charge in [-0.15, -0.1) is 0 Å². The summed E-state index contributed by atoms with van der Waals surface area (Å²) in [6.07, 6.45) is 4.38. The van der Waals surface area contributed by atoms with Crippen LogP contribution in [0.1, 0.15) is 49.9 Å². The lowest BCUT2D eigenvalue weighted by atomic mass is 10.0. The number of fused-ring (bicyclic) bond motifs is 1. The lowest BCUT2D eigenvalue weighted by Crippen LogP contribution is -2.27. The molecule has 0 bridgehead atoms. The highest BCUT2D eigenvalue weighted by atomic mass is 16.4. The van der Waals surface area contributed by atoms with E-state index < -0.39 is 5.97 Å². The van der Waals surface area contributed by atoms with Gasteiger partial charge in [0.05, 0.1) is 11.3 Å². The number of unbranched alkanes of at least 4 members (excludes halogenated alkanes) is 2. The first kappa shape index (κ1) is 16.3. The predicted molar refractivity (Wildman–Crippen MR) is 92.9 cm³/mol. The number of rotatable bonds is 8. The standard InChI is InChI=1S/C19H25NO2/c1-3-5-13-20(14-6-4-2)17-12-11-15-9-7-8-10-16(15)18(17)19(21)22/h7-12H,3-6,13-14H2,1-2H3,(H,21,22). The van der Waals surface area contributed by atoms with Crippen molar-refractivity contribution in [1.82, 2.24) is 0 Å². The summed E-state index contributed by atoms with van der Waals surface area (Å²) < 4.78 is 0. The van der Waals surface area contributed by atoms with Gasteiger partial charge in [0.25, 0.3) is 0 Å². The van der Waals surface area contributed by atoms with E-state index in [9.17, 15) is 9.90 Å². The largest absolute Gasteiger partial charge is 0.478 e. The third-order valence-corrected chi connectivity index (χ3v) is 4.02. The van der Waals surface area contributed by atoms with Crippen molar-refractivity contribution in [3.8, 4) is 0 Å². The molecule has 118 valence electrons. The van der Waals surface area contributed by atoms with Gasteiger partial charge >= 0.3 is 5.97 Å². The number of benzene rings is 2. The van der Waals surface area contributed by atoms with E-state index in [4.69, 9.17) is 0 Å². The highest BCUT2D eigenvalue weighted by Gasteiger charge is 2.18. The lowest BCUT2D eigenvalue weighted by Gasteiger charge is -2.27.